The van der Waals surface area contributed by atoms with Gasteiger partial charge < -0.3 is 5.11 Å². The van der Waals surface area contributed by atoms with E-state index in [-0.39, 0.29) is 18.4 Å². The van der Waals surface area contributed by atoms with Gasteiger partial charge in [0.2, 0.25) is 0 Å². The van der Waals surface area contributed by atoms with Crippen LogP contribution < -0.4 is 4.90 Å². The van der Waals surface area contributed by atoms with Crippen LogP contribution in [-0.4, -0.2) is 29.3 Å². The molecule has 1 heterocycles. The molecule has 3 rings (SSSR count). The SMILES string of the molecule is Cc1ccc(N2C(=O)C(SCCO)=C(c3ccccc3)C2=O)cc1C. The number of nitrogens with zero attached hydrogens (tertiary/aromatic N) is 1. The number of aliphatic hydroxyl groups excluding tert-OH is 1. The van der Waals surface area contributed by atoms with Crippen LogP contribution >= 0.6 is 11.8 Å². The number of hydrogen-bond acceptors (Lipinski definition) is 4. The van der Waals surface area contributed by atoms with Crippen molar-refractivity contribution in [3.8, 4) is 0 Å². The van der Waals surface area contributed by atoms with Crippen molar-refractivity contribution >= 4 is 34.8 Å². The third-order valence-electron chi connectivity index (χ3n) is 4.19. The number of thioether (sulfide) groups is 1. The molecule has 0 unspecified atom stereocenters. The quantitative estimate of drug-likeness (QED) is 0.838. The number of amides is 2. The molecular formula is C20H19NO3S. The van der Waals surface area contributed by atoms with E-state index in [2.05, 4.69) is 0 Å². The number of anilines is 1. The molecule has 2 amide bonds. The fraction of sp³-hybridized carbons (Fsp3) is 0.200. The van der Waals surface area contributed by atoms with Crippen LogP contribution in [0, 0.1) is 13.8 Å². The van der Waals surface area contributed by atoms with E-state index in [1.165, 1.54) is 16.7 Å². The third kappa shape index (κ3) is 3.25. The maximum atomic E-state index is 13.1. The van der Waals surface area contributed by atoms with Crippen molar-refractivity contribution < 1.29 is 14.7 Å². The fourth-order valence-electron chi connectivity index (χ4n) is 2.75. The van der Waals surface area contributed by atoms with Gasteiger partial charge in [-0.2, -0.15) is 0 Å². The minimum Gasteiger partial charge on any atom is -0.396 e. The molecule has 1 aliphatic rings. The molecule has 1 N–H and O–H groups in total. The minimum absolute atomic E-state index is 0.0542. The summed E-state index contributed by atoms with van der Waals surface area (Å²) in [6.45, 7) is 3.89. The van der Waals surface area contributed by atoms with Gasteiger partial charge in [-0.15, -0.1) is 11.8 Å². The maximum Gasteiger partial charge on any atom is 0.272 e. The molecule has 2 aromatic rings. The van der Waals surface area contributed by atoms with E-state index >= 15 is 0 Å². The lowest BCUT2D eigenvalue weighted by Gasteiger charge is -2.16. The van der Waals surface area contributed by atoms with Gasteiger partial charge >= 0.3 is 0 Å². The first-order chi connectivity index (χ1) is 12.0. The second-order valence-corrected chi connectivity index (χ2v) is 6.96. The number of hydrogen-bond donors (Lipinski definition) is 1. The molecule has 0 saturated carbocycles. The summed E-state index contributed by atoms with van der Waals surface area (Å²) in [7, 11) is 0. The van der Waals surface area contributed by atoms with Crippen molar-refractivity contribution in [3.05, 3.63) is 70.1 Å². The highest BCUT2D eigenvalue weighted by Gasteiger charge is 2.40. The molecule has 0 radical (unpaired) electrons. The monoisotopic (exact) mass is 353 g/mol. The van der Waals surface area contributed by atoms with Crippen LogP contribution in [0.1, 0.15) is 16.7 Å². The van der Waals surface area contributed by atoms with E-state index in [1.54, 1.807) is 6.07 Å². The summed E-state index contributed by atoms with van der Waals surface area (Å²) in [6.07, 6.45) is 0. The predicted molar refractivity (Wildman–Crippen MR) is 101 cm³/mol. The molecule has 0 aromatic heterocycles. The van der Waals surface area contributed by atoms with Gasteiger partial charge in [0.1, 0.15) is 0 Å². The van der Waals surface area contributed by atoms with Crippen molar-refractivity contribution in [1.82, 2.24) is 0 Å². The molecule has 0 saturated heterocycles. The topological polar surface area (TPSA) is 57.6 Å². The zero-order valence-corrected chi connectivity index (χ0v) is 15.0. The summed E-state index contributed by atoms with van der Waals surface area (Å²) in [5, 5.41) is 9.13. The fourth-order valence-corrected chi connectivity index (χ4v) is 3.61. The molecule has 0 fully saturated rings. The van der Waals surface area contributed by atoms with Gasteiger partial charge in [-0.25, -0.2) is 4.90 Å². The molecule has 128 valence electrons. The Morgan fingerprint density at radius 3 is 2.32 bits per heavy atom. The zero-order chi connectivity index (χ0) is 18.0. The van der Waals surface area contributed by atoms with E-state index in [0.717, 1.165) is 11.1 Å². The lowest BCUT2D eigenvalue weighted by Crippen LogP contribution is -2.31. The van der Waals surface area contributed by atoms with Gasteiger partial charge in [0.15, 0.2) is 0 Å². The zero-order valence-electron chi connectivity index (χ0n) is 14.2. The predicted octanol–water partition coefficient (Wildman–Crippen LogP) is 3.31. The van der Waals surface area contributed by atoms with Gasteiger partial charge in [0, 0.05) is 5.75 Å². The Labute approximate surface area is 151 Å². The number of imide groups is 1. The van der Waals surface area contributed by atoms with Gasteiger partial charge in [0.05, 0.1) is 22.8 Å². The molecule has 0 aliphatic carbocycles. The minimum atomic E-state index is -0.328. The highest BCUT2D eigenvalue weighted by atomic mass is 32.2. The van der Waals surface area contributed by atoms with E-state index in [0.29, 0.717) is 27.5 Å². The molecule has 4 nitrogen and oxygen atoms in total. The molecule has 0 atom stereocenters. The Kier molecular flexibility index (Phi) is 5.06. The summed E-state index contributed by atoms with van der Waals surface area (Å²) >= 11 is 1.22. The average molecular weight is 353 g/mol. The second kappa shape index (κ2) is 7.25. The summed E-state index contributed by atoms with van der Waals surface area (Å²) in [5.74, 6) is -0.281. The highest BCUT2D eigenvalue weighted by Crippen LogP contribution is 2.38. The molecule has 2 aromatic carbocycles. The maximum absolute atomic E-state index is 13.1. The molecule has 25 heavy (non-hydrogen) atoms. The van der Waals surface area contributed by atoms with Gasteiger partial charge in [-0.1, -0.05) is 36.4 Å². The van der Waals surface area contributed by atoms with Crippen molar-refractivity contribution in [1.29, 1.82) is 0 Å². The molecule has 1 aliphatic heterocycles. The molecule has 0 spiro atoms. The van der Waals surface area contributed by atoms with Gasteiger partial charge in [-0.05, 0) is 42.7 Å². The standard InChI is InChI=1S/C20H19NO3S/c1-13-8-9-16(12-14(13)2)21-19(23)17(15-6-4-3-5-7-15)18(20(21)24)25-11-10-22/h3-9,12,22H,10-11H2,1-2H3. The Morgan fingerprint density at radius 1 is 0.960 bits per heavy atom. The largest absolute Gasteiger partial charge is 0.396 e. The van der Waals surface area contributed by atoms with Crippen LogP contribution in [0.4, 0.5) is 5.69 Å². The van der Waals surface area contributed by atoms with Crippen molar-refractivity contribution in [3.63, 3.8) is 0 Å². The number of carbonyl (C=O) groups excluding carboxylic acids is 2. The summed E-state index contributed by atoms with van der Waals surface area (Å²) in [6, 6.07) is 14.8. The normalized spacial score (nSPS) is 14.6. The van der Waals surface area contributed by atoms with Crippen LogP contribution in [0.5, 0.6) is 0 Å². The number of aliphatic hydroxyl groups is 1. The van der Waals surface area contributed by atoms with E-state index in [9.17, 15) is 9.59 Å². The van der Waals surface area contributed by atoms with Crippen LogP contribution in [0.3, 0.4) is 0 Å². The van der Waals surface area contributed by atoms with Crippen molar-refractivity contribution in [2.45, 2.75) is 13.8 Å². The number of rotatable bonds is 5. The lowest BCUT2D eigenvalue weighted by atomic mass is 10.1. The smallest absolute Gasteiger partial charge is 0.272 e. The molecule has 5 heteroatoms. The third-order valence-corrected chi connectivity index (χ3v) is 5.24. The Bertz CT molecular complexity index is 858. The average Bonchev–Trinajstić information content (AvgIpc) is 2.86. The van der Waals surface area contributed by atoms with Crippen molar-refractivity contribution in [2.75, 3.05) is 17.3 Å². The van der Waals surface area contributed by atoms with E-state index in [1.807, 2.05) is 56.3 Å². The number of carbonyl (C=O) groups is 2. The van der Waals surface area contributed by atoms with Gasteiger partial charge in [-0.3, -0.25) is 9.59 Å². The Morgan fingerprint density at radius 2 is 1.68 bits per heavy atom. The summed E-state index contributed by atoms with van der Waals surface area (Å²) in [5.41, 5.74) is 3.82. The van der Waals surface area contributed by atoms with Crippen LogP contribution in [0.25, 0.3) is 5.57 Å². The summed E-state index contributed by atoms with van der Waals surface area (Å²) in [4.78, 5) is 27.6. The number of benzene rings is 2. The van der Waals surface area contributed by atoms with Crippen molar-refractivity contribution in [2.24, 2.45) is 0 Å². The Hall–Kier alpha value is -2.37. The highest BCUT2D eigenvalue weighted by molar-refractivity contribution is 8.04. The first-order valence-corrected chi connectivity index (χ1v) is 9.02. The van der Waals surface area contributed by atoms with Crippen LogP contribution in [0.2, 0.25) is 0 Å². The second-order valence-electron chi connectivity index (χ2n) is 5.86. The first-order valence-electron chi connectivity index (χ1n) is 8.04. The molecule has 0 bridgehead atoms. The van der Waals surface area contributed by atoms with Gasteiger partial charge in [0.25, 0.3) is 11.8 Å². The number of aryl methyl sites for hydroxylation is 2. The van der Waals surface area contributed by atoms with Crippen LogP contribution in [0.15, 0.2) is 53.4 Å². The molecular weight excluding hydrogens is 334 g/mol. The first kappa shape index (κ1) is 17.5. The van der Waals surface area contributed by atoms with E-state index < -0.39 is 0 Å². The lowest BCUT2D eigenvalue weighted by molar-refractivity contribution is -0.119. The van der Waals surface area contributed by atoms with Crippen LogP contribution in [-0.2, 0) is 9.59 Å². The van der Waals surface area contributed by atoms with E-state index in [4.69, 9.17) is 5.11 Å². The Balaban J connectivity index is 2.07. The summed E-state index contributed by atoms with van der Waals surface area (Å²) < 4.78 is 0.